The van der Waals surface area contributed by atoms with E-state index in [1.165, 1.54) is 0 Å². The second-order valence-corrected chi connectivity index (χ2v) is 3.82. The Kier molecular flexibility index (Phi) is 3.06. The second kappa shape index (κ2) is 4.48. The summed E-state index contributed by atoms with van der Waals surface area (Å²) in [5.74, 6) is 0. The molecule has 0 bridgehead atoms. The molecular weight excluding hydrogens is 176 g/mol. The molecule has 1 unspecified atom stereocenters. The van der Waals surface area contributed by atoms with Gasteiger partial charge in [0.05, 0.1) is 0 Å². The molecule has 0 aliphatic carbocycles. The maximum Gasteiger partial charge on any atom is 0.115 e. The van der Waals surface area contributed by atoms with Crippen LogP contribution in [-0.4, -0.2) is 47.6 Å². The maximum atomic E-state index is 4.23. The van der Waals surface area contributed by atoms with Crippen molar-refractivity contribution in [1.82, 2.24) is 20.2 Å². The van der Waals surface area contributed by atoms with Crippen LogP contribution in [0.2, 0.25) is 0 Å². The van der Waals surface area contributed by atoms with Crippen molar-refractivity contribution in [2.75, 3.05) is 26.7 Å². The first-order valence-corrected chi connectivity index (χ1v) is 5.01. The topological polar surface area (TPSA) is 41.0 Å². The fraction of sp³-hybridized carbons (Fsp3) is 0.600. The van der Waals surface area contributed by atoms with Crippen LogP contribution >= 0.6 is 0 Å². The van der Waals surface area contributed by atoms with E-state index in [0.717, 1.165) is 31.7 Å². The van der Waals surface area contributed by atoms with Gasteiger partial charge in [0.2, 0.25) is 0 Å². The molecule has 0 aromatic carbocycles. The first-order valence-electron chi connectivity index (χ1n) is 5.01. The van der Waals surface area contributed by atoms with E-state index in [-0.39, 0.29) is 0 Å². The lowest BCUT2D eigenvalue weighted by Crippen LogP contribution is -2.50. The van der Waals surface area contributed by atoms with Crippen LogP contribution in [0.4, 0.5) is 0 Å². The monoisotopic (exact) mass is 192 g/mol. The van der Waals surface area contributed by atoms with Gasteiger partial charge >= 0.3 is 0 Å². The lowest BCUT2D eigenvalue weighted by Gasteiger charge is -2.30. The van der Waals surface area contributed by atoms with Gasteiger partial charge in [0.15, 0.2) is 0 Å². The minimum absolute atomic E-state index is 0.531. The fourth-order valence-electron chi connectivity index (χ4n) is 1.82. The predicted molar refractivity (Wildman–Crippen MR) is 55.0 cm³/mol. The predicted octanol–water partition coefficient (Wildman–Crippen LogP) is -0.0773. The van der Waals surface area contributed by atoms with Crippen molar-refractivity contribution in [2.45, 2.75) is 12.5 Å². The number of aromatic nitrogens is 2. The van der Waals surface area contributed by atoms with E-state index in [1.807, 2.05) is 6.07 Å². The van der Waals surface area contributed by atoms with Crippen LogP contribution in [-0.2, 0) is 6.42 Å². The van der Waals surface area contributed by atoms with Crippen LogP contribution in [0.5, 0.6) is 0 Å². The van der Waals surface area contributed by atoms with Gasteiger partial charge in [-0.2, -0.15) is 0 Å². The normalized spacial score (nSPS) is 23.6. The number of hydrogen-bond donors (Lipinski definition) is 1. The van der Waals surface area contributed by atoms with Crippen molar-refractivity contribution in [3.8, 4) is 0 Å². The molecule has 14 heavy (non-hydrogen) atoms. The largest absolute Gasteiger partial charge is 0.311 e. The third kappa shape index (κ3) is 2.49. The summed E-state index contributed by atoms with van der Waals surface area (Å²) >= 11 is 0. The average molecular weight is 192 g/mol. The van der Waals surface area contributed by atoms with Gasteiger partial charge in [0.1, 0.15) is 6.33 Å². The molecule has 2 heterocycles. The van der Waals surface area contributed by atoms with Crippen molar-refractivity contribution in [1.29, 1.82) is 0 Å². The van der Waals surface area contributed by atoms with Gasteiger partial charge in [-0.15, -0.1) is 0 Å². The summed E-state index contributed by atoms with van der Waals surface area (Å²) in [6.45, 7) is 3.32. The van der Waals surface area contributed by atoms with E-state index >= 15 is 0 Å². The van der Waals surface area contributed by atoms with E-state index in [1.54, 1.807) is 12.5 Å². The highest BCUT2D eigenvalue weighted by Gasteiger charge is 2.16. The van der Waals surface area contributed by atoms with Crippen molar-refractivity contribution >= 4 is 0 Å². The Morgan fingerprint density at radius 2 is 2.57 bits per heavy atom. The molecule has 1 atom stereocenters. The fourth-order valence-corrected chi connectivity index (χ4v) is 1.82. The van der Waals surface area contributed by atoms with Crippen LogP contribution in [0.25, 0.3) is 0 Å². The molecule has 1 aromatic rings. The lowest BCUT2D eigenvalue weighted by atomic mass is 10.1. The van der Waals surface area contributed by atoms with Gasteiger partial charge in [-0.3, -0.25) is 0 Å². The molecule has 0 amide bonds. The number of hydrogen-bond acceptors (Lipinski definition) is 4. The highest BCUT2D eigenvalue weighted by atomic mass is 15.2. The quantitative estimate of drug-likeness (QED) is 0.712. The summed E-state index contributed by atoms with van der Waals surface area (Å²) in [5, 5.41) is 3.50. The minimum atomic E-state index is 0.531. The molecule has 1 fully saturated rings. The summed E-state index contributed by atoms with van der Waals surface area (Å²) < 4.78 is 0. The first-order chi connectivity index (χ1) is 6.84. The van der Waals surface area contributed by atoms with Crippen molar-refractivity contribution in [3.05, 3.63) is 24.3 Å². The summed E-state index contributed by atoms with van der Waals surface area (Å²) in [4.78, 5) is 10.5. The first kappa shape index (κ1) is 9.55. The van der Waals surface area contributed by atoms with Gasteiger partial charge in [-0.25, -0.2) is 9.97 Å². The van der Waals surface area contributed by atoms with Crippen LogP contribution < -0.4 is 5.32 Å². The molecule has 1 aliphatic heterocycles. The second-order valence-electron chi connectivity index (χ2n) is 3.82. The average Bonchev–Trinajstić information content (AvgIpc) is 2.19. The number of rotatable bonds is 2. The lowest BCUT2D eigenvalue weighted by molar-refractivity contribution is 0.237. The highest BCUT2D eigenvalue weighted by molar-refractivity contribution is 5.01. The Morgan fingerprint density at radius 1 is 1.64 bits per heavy atom. The summed E-state index contributed by atoms with van der Waals surface area (Å²) in [6, 6.07) is 2.51. The minimum Gasteiger partial charge on any atom is -0.311 e. The maximum absolute atomic E-state index is 4.23. The number of nitrogens with zero attached hydrogens (tertiary/aromatic N) is 3. The molecule has 4 nitrogen and oxygen atoms in total. The van der Waals surface area contributed by atoms with E-state index in [4.69, 9.17) is 0 Å². The number of likely N-dealkylation sites (N-methyl/N-ethyl adjacent to an activating group) is 1. The smallest absolute Gasteiger partial charge is 0.115 e. The number of nitrogens with one attached hydrogen (secondary N) is 1. The van der Waals surface area contributed by atoms with Crippen molar-refractivity contribution in [3.63, 3.8) is 0 Å². The van der Waals surface area contributed by atoms with E-state index in [0.29, 0.717) is 6.04 Å². The van der Waals surface area contributed by atoms with Gasteiger partial charge in [-0.1, -0.05) is 0 Å². The Hall–Kier alpha value is -1.00. The van der Waals surface area contributed by atoms with E-state index in [9.17, 15) is 0 Å². The van der Waals surface area contributed by atoms with Crippen molar-refractivity contribution < 1.29 is 0 Å². The SMILES string of the molecule is CN1CCNC(Cc2ccncn2)C1. The molecule has 1 aromatic heterocycles. The van der Waals surface area contributed by atoms with Crippen molar-refractivity contribution in [2.24, 2.45) is 0 Å². The van der Waals surface area contributed by atoms with Gasteiger partial charge in [-0.05, 0) is 13.1 Å². The standard InChI is InChI=1S/C10H16N4/c1-14-5-4-12-10(7-14)6-9-2-3-11-8-13-9/h2-3,8,10,12H,4-7H2,1H3. The van der Waals surface area contributed by atoms with Crippen LogP contribution in [0.1, 0.15) is 5.69 Å². The Morgan fingerprint density at radius 3 is 3.29 bits per heavy atom. The molecule has 1 aliphatic rings. The third-order valence-corrected chi connectivity index (χ3v) is 2.56. The number of piperazine rings is 1. The zero-order valence-corrected chi connectivity index (χ0v) is 8.48. The zero-order valence-electron chi connectivity index (χ0n) is 8.48. The molecule has 2 rings (SSSR count). The molecular formula is C10H16N4. The Balaban J connectivity index is 1.91. The van der Waals surface area contributed by atoms with E-state index < -0.39 is 0 Å². The van der Waals surface area contributed by atoms with Gasteiger partial charge in [0, 0.05) is 44.0 Å². The molecule has 1 saturated heterocycles. The molecule has 76 valence electrons. The molecule has 1 N–H and O–H groups in total. The highest BCUT2D eigenvalue weighted by Crippen LogP contribution is 2.02. The van der Waals surface area contributed by atoms with Crippen LogP contribution in [0.3, 0.4) is 0 Å². The molecule has 4 heteroatoms. The van der Waals surface area contributed by atoms with Crippen LogP contribution in [0, 0.1) is 0 Å². The Labute approximate surface area is 84.4 Å². The summed E-state index contributed by atoms with van der Waals surface area (Å²) in [5.41, 5.74) is 1.12. The molecule has 0 spiro atoms. The van der Waals surface area contributed by atoms with Gasteiger partial charge < -0.3 is 10.2 Å². The molecule has 0 radical (unpaired) electrons. The van der Waals surface area contributed by atoms with Gasteiger partial charge in [0.25, 0.3) is 0 Å². The zero-order chi connectivity index (χ0) is 9.80. The molecule has 0 saturated carbocycles. The Bertz CT molecular complexity index is 275. The third-order valence-electron chi connectivity index (χ3n) is 2.56. The van der Waals surface area contributed by atoms with Crippen LogP contribution in [0.15, 0.2) is 18.6 Å². The summed E-state index contributed by atoms with van der Waals surface area (Å²) in [6.07, 6.45) is 4.41. The van der Waals surface area contributed by atoms with E-state index in [2.05, 4.69) is 27.2 Å². The summed E-state index contributed by atoms with van der Waals surface area (Å²) in [7, 11) is 2.16.